The van der Waals surface area contributed by atoms with Crippen molar-refractivity contribution in [3.63, 3.8) is 0 Å². The number of nitrogens with one attached hydrogen (secondary N) is 1. The Morgan fingerprint density at radius 1 is 1.78 bits per heavy atom. The van der Waals surface area contributed by atoms with Gasteiger partial charge in [0.15, 0.2) is 0 Å². The molecule has 0 spiro atoms. The van der Waals surface area contributed by atoms with E-state index >= 15 is 0 Å². The Bertz CT molecular complexity index is 131. The number of alkyl halides is 1. The molecule has 1 N–H and O–H groups in total. The smallest absolute Gasteiger partial charge is 0.247 e. The Morgan fingerprint density at radius 3 is 2.33 bits per heavy atom. The highest BCUT2D eigenvalue weighted by molar-refractivity contribution is 14.1. The average molecular weight is 239 g/mol. The highest BCUT2D eigenvalue weighted by Crippen LogP contribution is 1.94. The molecular formula is C6H10INO. The van der Waals surface area contributed by atoms with Gasteiger partial charge in [0.1, 0.15) is 0 Å². The number of hydrogen-bond donors (Lipinski definition) is 1. The minimum atomic E-state index is -0.0723. The Morgan fingerprint density at radius 2 is 2.22 bits per heavy atom. The van der Waals surface area contributed by atoms with E-state index in [0.717, 1.165) is 0 Å². The van der Waals surface area contributed by atoms with Crippen LogP contribution in [0.15, 0.2) is 12.2 Å². The van der Waals surface area contributed by atoms with E-state index in [4.69, 9.17) is 0 Å². The van der Waals surface area contributed by atoms with Crippen LogP contribution < -0.4 is 5.32 Å². The van der Waals surface area contributed by atoms with Crippen LogP contribution >= 0.6 is 22.6 Å². The predicted molar refractivity (Wildman–Crippen MR) is 46.4 cm³/mol. The van der Waals surface area contributed by atoms with Gasteiger partial charge in [0.2, 0.25) is 5.91 Å². The van der Waals surface area contributed by atoms with Gasteiger partial charge in [-0.2, -0.15) is 0 Å². The van der Waals surface area contributed by atoms with E-state index in [1.165, 1.54) is 0 Å². The maximum absolute atomic E-state index is 10.7. The number of carbonyl (C=O) groups excluding carboxylic acids is 1. The topological polar surface area (TPSA) is 29.1 Å². The van der Waals surface area contributed by atoms with Crippen molar-refractivity contribution >= 4 is 28.5 Å². The van der Waals surface area contributed by atoms with Crippen LogP contribution in [-0.4, -0.2) is 9.96 Å². The molecule has 0 aromatic carbocycles. The maximum atomic E-state index is 10.7. The summed E-state index contributed by atoms with van der Waals surface area (Å²) < 4.78 is 0.173. The molecule has 0 aromatic rings. The van der Waals surface area contributed by atoms with Crippen LogP contribution in [0.2, 0.25) is 0 Å². The molecule has 0 radical (unpaired) electrons. The Labute approximate surface area is 68.8 Å². The highest BCUT2D eigenvalue weighted by atomic mass is 127. The lowest BCUT2D eigenvalue weighted by Crippen LogP contribution is -2.28. The lowest BCUT2D eigenvalue weighted by molar-refractivity contribution is -0.117. The van der Waals surface area contributed by atoms with Crippen molar-refractivity contribution in [3.05, 3.63) is 12.2 Å². The molecule has 1 amide bonds. The van der Waals surface area contributed by atoms with Crippen LogP contribution in [0.25, 0.3) is 0 Å². The molecule has 0 saturated heterocycles. The van der Waals surface area contributed by atoms with Crippen molar-refractivity contribution in [1.29, 1.82) is 0 Å². The standard InChI is InChI=1S/C6H10INO/c1-4(2)6(9)8-5(3)7/h5H,1H2,2-3H3,(H,8,9)/t5-/m1/s1. The molecule has 0 fully saturated rings. The second-order valence-corrected chi connectivity index (χ2v) is 3.74. The molecule has 0 aliphatic carbocycles. The fourth-order valence-corrected chi connectivity index (χ4v) is 0.587. The third-order valence-corrected chi connectivity index (χ3v) is 1.03. The number of carbonyl (C=O) groups is 1. The van der Waals surface area contributed by atoms with E-state index in [9.17, 15) is 4.79 Å². The van der Waals surface area contributed by atoms with Gasteiger partial charge in [-0.3, -0.25) is 4.79 Å². The summed E-state index contributed by atoms with van der Waals surface area (Å²) in [5, 5.41) is 2.69. The van der Waals surface area contributed by atoms with E-state index in [0.29, 0.717) is 5.57 Å². The molecule has 0 aliphatic heterocycles. The highest BCUT2D eigenvalue weighted by Gasteiger charge is 2.02. The number of rotatable bonds is 2. The first-order chi connectivity index (χ1) is 4.04. The summed E-state index contributed by atoms with van der Waals surface area (Å²) in [6.07, 6.45) is 0. The number of hydrogen-bond acceptors (Lipinski definition) is 1. The summed E-state index contributed by atoms with van der Waals surface area (Å²) in [5.74, 6) is -0.0723. The number of amides is 1. The molecule has 0 bridgehead atoms. The predicted octanol–water partition coefficient (Wildman–Crippen LogP) is 1.46. The van der Waals surface area contributed by atoms with Crippen LogP contribution in [0.4, 0.5) is 0 Å². The lowest BCUT2D eigenvalue weighted by atomic mass is 10.3. The van der Waals surface area contributed by atoms with E-state index in [1.807, 2.05) is 6.92 Å². The molecule has 2 nitrogen and oxygen atoms in total. The van der Waals surface area contributed by atoms with Gasteiger partial charge >= 0.3 is 0 Å². The first-order valence-corrected chi connectivity index (χ1v) is 3.89. The minimum Gasteiger partial charge on any atom is -0.341 e. The Kier molecular flexibility index (Phi) is 3.84. The fourth-order valence-electron chi connectivity index (χ4n) is 0.304. The molecule has 0 saturated carbocycles. The SMILES string of the molecule is C=C(C)C(=O)N[C@H](C)I. The first-order valence-electron chi connectivity index (χ1n) is 2.64. The molecule has 0 rings (SSSR count). The largest absolute Gasteiger partial charge is 0.341 e. The van der Waals surface area contributed by atoms with Crippen molar-refractivity contribution in [2.45, 2.75) is 17.9 Å². The quantitative estimate of drug-likeness (QED) is 0.336. The molecule has 0 heterocycles. The zero-order valence-electron chi connectivity index (χ0n) is 5.57. The molecule has 0 aliphatic rings. The summed E-state index contributed by atoms with van der Waals surface area (Å²) >= 11 is 2.12. The third kappa shape index (κ3) is 4.44. The summed E-state index contributed by atoms with van der Waals surface area (Å²) in [5.41, 5.74) is 0.554. The minimum absolute atomic E-state index is 0.0723. The molecule has 9 heavy (non-hydrogen) atoms. The van der Waals surface area contributed by atoms with Gasteiger partial charge in [-0.25, -0.2) is 0 Å². The molecular weight excluding hydrogens is 229 g/mol. The zero-order valence-corrected chi connectivity index (χ0v) is 7.73. The summed E-state index contributed by atoms with van der Waals surface area (Å²) in [4.78, 5) is 10.7. The van der Waals surface area contributed by atoms with Crippen LogP contribution in [-0.2, 0) is 4.79 Å². The van der Waals surface area contributed by atoms with E-state index in [-0.39, 0.29) is 9.96 Å². The van der Waals surface area contributed by atoms with Gasteiger partial charge in [-0.05, 0) is 13.8 Å². The van der Waals surface area contributed by atoms with E-state index < -0.39 is 0 Å². The van der Waals surface area contributed by atoms with Crippen LogP contribution in [0, 0.1) is 0 Å². The van der Waals surface area contributed by atoms with E-state index in [1.54, 1.807) is 6.92 Å². The van der Waals surface area contributed by atoms with Crippen molar-refractivity contribution in [1.82, 2.24) is 5.32 Å². The average Bonchev–Trinajstić information content (AvgIpc) is 1.63. The second kappa shape index (κ2) is 3.87. The van der Waals surface area contributed by atoms with Crippen LogP contribution in [0.5, 0.6) is 0 Å². The van der Waals surface area contributed by atoms with Crippen molar-refractivity contribution in [3.8, 4) is 0 Å². The lowest BCUT2D eigenvalue weighted by Gasteiger charge is -2.04. The normalized spacial score (nSPS) is 12.3. The summed E-state index contributed by atoms with van der Waals surface area (Å²) in [6, 6.07) is 0. The van der Waals surface area contributed by atoms with Crippen molar-refractivity contribution in [2.24, 2.45) is 0 Å². The fraction of sp³-hybridized carbons (Fsp3) is 0.500. The van der Waals surface area contributed by atoms with Gasteiger partial charge in [-0.1, -0.05) is 29.2 Å². The van der Waals surface area contributed by atoms with Crippen LogP contribution in [0.3, 0.4) is 0 Å². The molecule has 52 valence electrons. The Hall–Kier alpha value is -0.0600. The summed E-state index contributed by atoms with van der Waals surface area (Å²) in [6.45, 7) is 7.09. The van der Waals surface area contributed by atoms with Crippen molar-refractivity contribution < 1.29 is 4.79 Å². The second-order valence-electron chi connectivity index (χ2n) is 1.87. The van der Waals surface area contributed by atoms with E-state index in [2.05, 4.69) is 34.5 Å². The molecule has 3 heteroatoms. The number of halogens is 1. The van der Waals surface area contributed by atoms with Gasteiger partial charge < -0.3 is 5.32 Å². The van der Waals surface area contributed by atoms with Crippen LogP contribution in [0.1, 0.15) is 13.8 Å². The van der Waals surface area contributed by atoms with Gasteiger partial charge in [-0.15, -0.1) is 0 Å². The zero-order chi connectivity index (χ0) is 7.44. The van der Waals surface area contributed by atoms with Gasteiger partial charge in [0, 0.05) is 5.57 Å². The molecule has 0 aromatic heterocycles. The first kappa shape index (κ1) is 8.94. The Balaban J connectivity index is 3.65. The molecule has 1 atom stereocenters. The molecule has 0 unspecified atom stereocenters. The van der Waals surface area contributed by atoms with Crippen molar-refractivity contribution in [2.75, 3.05) is 0 Å². The van der Waals surface area contributed by atoms with Gasteiger partial charge in [0.05, 0.1) is 4.05 Å². The van der Waals surface area contributed by atoms with Gasteiger partial charge in [0.25, 0.3) is 0 Å². The monoisotopic (exact) mass is 239 g/mol. The summed E-state index contributed by atoms with van der Waals surface area (Å²) in [7, 11) is 0. The maximum Gasteiger partial charge on any atom is 0.247 e. The third-order valence-electron chi connectivity index (χ3n) is 0.718.